The first-order chi connectivity index (χ1) is 12.0. The molecule has 1 fully saturated rings. The molecule has 3 rings (SSSR count). The Morgan fingerprint density at radius 3 is 2.40 bits per heavy atom. The van der Waals surface area contributed by atoms with Gasteiger partial charge in [-0.1, -0.05) is 13.8 Å². The second-order valence-corrected chi connectivity index (χ2v) is 6.36. The molecule has 0 bridgehead atoms. The van der Waals surface area contributed by atoms with Crippen molar-refractivity contribution >= 4 is 22.9 Å². The minimum Gasteiger partial charge on any atom is -0.408 e. The zero-order valence-electron chi connectivity index (χ0n) is 14.6. The summed E-state index contributed by atoms with van der Waals surface area (Å²) in [5.74, 6) is -0.387. The average Bonchev–Trinajstić information content (AvgIpc) is 3.01. The Labute approximate surface area is 145 Å². The minimum absolute atomic E-state index is 0.0705. The number of H-pyrrole nitrogens is 1. The van der Waals surface area contributed by atoms with Crippen LogP contribution in [-0.4, -0.2) is 52.8 Å². The van der Waals surface area contributed by atoms with E-state index in [2.05, 4.69) is 4.98 Å². The highest BCUT2D eigenvalue weighted by molar-refractivity contribution is 5.97. The summed E-state index contributed by atoms with van der Waals surface area (Å²) in [6.45, 7) is 6.20. The van der Waals surface area contributed by atoms with Crippen LogP contribution in [-0.2, 0) is 4.79 Å². The lowest BCUT2D eigenvalue weighted by molar-refractivity contribution is -0.137. The fourth-order valence-electron chi connectivity index (χ4n) is 3.29. The molecule has 0 radical (unpaired) electrons. The number of benzene rings is 1. The van der Waals surface area contributed by atoms with E-state index >= 15 is 0 Å². The van der Waals surface area contributed by atoms with Crippen LogP contribution in [0.25, 0.3) is 11.1 Å². The first-order valence-corrected chi connectivity index (χ1v) is 8.74. The summed E-state index contributed by atoms with van der Waals surface area (Å²) in [7, 11) is 0. The Hall–Kier alpha value is -2.57. The number of amides is 2. The largest absolute Gasteiger partial charge is 0.417 e. The smallest absolute Gasteiger partial charge is 0.408 e. The van der Waals surface area contributed by atoms with Crippen LogP contribution in [0.2, 0.25) is 0 Å². The molecular weight excluding hydrogens is 322 g/mol. The lowest BCUT2D eigenvalue weighted by atomic mass is 10.0. The molecule has 0 atom stereocenters. The summed E-state index contributed by atoms with van der Waals surface area (Å²) >= 11 is 0. The van der Waals surface area contributed by atoms with E-state index in [0.717, 1.165) is 12.8 Å². The number of nitrogens with one attached hydrogen (secondary N) is 1. The van der Waals surface area contributed by atoms with Crippen molar-refractivity contribution in [2.45, 2.75) is 26.7 Å². The predicted molar refractivity (Wildman–Crippen MR) is 93.4 cm³/mol. The fourth-order valence-corrected chi connectivity index (χ4v) is 3.29. The van der Waals surface area contributed by atoms with Gasteiger partial charge in [0.2, 0.25) is 5.91 Å². The molecule has 0 aliphatic carbocycles. The molecule has 2 aromatic rings. The summed E-state index contributed by atoms with van der Waals surface area (Å²) in [6.07, 6.45) is 1.69. The number of aromatic nitrogens is 1. The van der Waals surface area contributed by atoms with Gasteiger partial charge in [0, 0.05) is 37.7 Å². The van der Waals surface area contributed by atoms with E-state index in [-0.39, 0.29) is 17.7 Å². The van der Waals surface area contributed by atoms with E-state index in [9.17, 15) is 14.4 Å². The highest BCUT2D eigenvalue weighted by Crippen LogP contribution is 2.17. The van der Waals surface area contributed by atoms with Crippen LogP contribution in [0.1, 0.15) is 37.0 Å². The molecule has 1 aromatic carbocycles. The number of aromatic amines is 1. The number of rotatable bonds is 4. The summed E-state index contributed by atoms with van der Waals surface area (Å²) in [6, 6.07) is 4.93. The standard InChI is InChI=1S/C18H23N3O4/c1-3-12(4-2)16(22)20-7-9-21(10-8-20)17(23)13-5-6-14-15(11-13)25-18(24)19-14/h5-6,11-12H,3-4,7-10H2,1-2H3,(H,19,24). The van der Waals surface area contributed by atoms with Crippen molar-refractivity contribution in [3.05, 3.63) is 34.3 Å². The third kappa shape index (κ3) is 3.45. The van der Waals surface area contributed by atoms with Gasteiger partial charge >= 0.3 is 5.76 Å². The van der Waals surface area contributed by atoms with E-state index in [1.165, 1.54) is 0 Å². The summed E-state index contributed by atoms with van der Waals surface area (Å²) in [5.41, 5.74) is 1.43. The first kappa shape index (κ1) is 17.3. The van der Waals surface area contributed by atoms with Gasteiger partial charge in [0.05, 0.1) is 5.52 Å². The van der Waals surface area contributed by atoms with E-state index in [1.54, 1.807) is 23.1 Å². The van der Waals surface area contributed by atoms with Gasteiger partial charge in [-0.2, -0.15) is 0 Å². The second kappa shape index (κ2) is 7.13. The van der Waals surface area contributed by atoms with E-state index in [1.807, 2.05) is 18.7 Å². The molecule has 7 heteroatoms. The summed E-state index contributed by atoms with van der Waals surface area (Å²) in [4.78, 5) is 42.5. The van der Waals surface area contributed by atoms with Gasteiger partial charge in [0.25, 0.3) is 5.91 Å². The molecule has 2 amide bonds. The quantitative estimate of drug-likeness (QED) is 0.916. The third-order valence-electron chi connectivity index (χ3n) is 4.88. The number of carbonyl (C=O) groups excluding carboxylic acids is 2. The van der Waals surface area contributed by atoms with Gasteiger partial charge in [-0.15, -0.1) is 0 Å². The monoisotopic (exact) mass is 345 g/mol. The highest BCUT2D eigenvalue weighted by Gasteiger charge is 2.27. The van der Waals surface area contributed by atoms with E-state index < -0.39 is 5.76 Å². The van der Waals surface area contributed by atoms with E-state index in [0.29, 0.717) is 42.8 Å². The number of hydrogen-bond donors (Lipinski definition) is 1. The van der Waals surface area contributed by atoms with Crippen molar-refractivity contribution in [2.75, 3.05) is 26.2 Å². The average molecular weight is 345 g/mol. The molecule has 2 heterocycles. The maximum Gasteiger partial charge on any atom is 0.417 e. The molecule has 0 unspecified atom stereocenters. The van der Waals surface area contributed by atoms with Crippen LogP contribution >= 0.6 is 0 Å². The van der Waals surface area contributed by atoms with Crippen LogP contribution in [0.15, 0.2) is 27.4 Å². The van der Waals surface area contributed by atoms with Gasteiger partial charge in [-0.25, -0.2) is 4.79 Å². The van der Waals surface area contributed by atoms with Crippen molar-refractivity contribution in [3.8, 4) is 0 Å². The third-order valence-corrected chi connectivity index (χ3v) is 4.88. The van der Waals surface area contributed by atoms with Gasteiger partial charge in [-0.05, 0) is 31.0 Å². The van der Waals surface area contributed by atoms with Gasteiger partial charge in [0.15, 0.2) is 5.58 Å². The Kier molecular flexibility index (Phi) is 4.92. The number of hydrogen-bond acceptors (Lipinski definition) is 4. The lowest BCUT2D eigenvalue weighted by Crippen LogP contribution is -2.51. The molecule has 0 saturated carbocycles. The van der Waals surface area contributed by atoms with Crippen molar-refractivity contribution in [1.29, 1.82) is 0 Å². The number of oxazole rings is 1. The molecule has 1 aliphatic heterocycles. The van der Waals surface area contributed by atoms with Gasteiger partial charge < -0.3 is 14.2 Å². The van der Waals surface area contributed by atoms with Crippen LogP contribution < -0.4 is 5.76 Å². The second-order valence-electron chi connectivity index (χ2n) is 6.36. The topological polar surface area (TPSA) is 86.6 Å². The Bertz CT molecular complexity index is 826. The zero-order chi connectivity index (χ0) is 18.0. The molecule has 25 heavy (non-hydrogen) atoms. The van der Waals surface area contributed by atoms with Gasteiger partial charge in [-0.3, -0.25) is 14.6 Å². The Morgan fingerprint density at radius 1 is 1.12 bits per heavy atom. The molecular formula is C18H23N3O4. The van der Waals surface area contributed by atoms with Crippen LogP contribution in [0.4, 0.5) is 0 Å². The number of fused-ring (bicyclic) bond motifs is 1. The predicted octanol–water partition coefficient (Wildman–Crippen LogP) is 1.84. The highest BCUT2D eigenvalue weighted by atomic mass is 16.4. The SMILES string of the molecule is CCC(CC)C(=O)N1CCN(C(=O)c2ccc3[nH]c(=O)oc3c2)CC1. The Balaban J connectivity index is 1.66. The number of carbonyl (C=O) groups is 2. The number of nitrogens with zero attached hydrogens (tertiary/aromatic N) is 2. The van der Waals surface area contributed by atoms with E-state index in [4.69, 9.17) is 4.42 Å². The number of piperazine rings is 1. The lowest BCUT2D eigenvalue weighted by Gasteiger charge is -2.36. The molecule has 1 saturated heterocycles. The van der Waals surface area contributed by atoms with Crippen molar-refractivity contribution in [3.63, 3.8) is 0 Å². The first-order valence-electron chi connectivity index (χ1n) is 8.74. The molecule has 1 aliphatic rings. The summed E-state index contributed by atoms with van der Waals surface area (Å²) in [5, 5.41) is 0. The molecule has 1 N–H and O–H groups in total. The molecule has 0 spiro atoms. The zero-order valence-corrected chi connectivity index (χ0v) is 14.6. The molecule has 1 aromatic heterocycles. The van der Waals surface area contributed by atoms with Crippen molar-refractivity contribution < 1.29 is 14.0 Å². The van der Waals surface area contributed by atoms with Crippen LogP contribution in [0.3, 0.4) is 0 Å². The van der Waals surface area contributed by atoms with Crippen LogP contribution in [0, 0.1) is 5.92 Å². The normalized spacial score (nSPS) is 15.2. The summed E-state index contributed by atoms with van der Waals surface area (Å²) < 4.78 is 5.01. The maximum atomic E-state index is 12.7. The van der Waals surface area contributed by atoms with Crippen molar-refractivity contribution in [2.24, 2.45) is 5.92 Å². The minimum atomic E-state index is -0.534. The maximum absolute atomic E-state index is 12.7. The van der Waals surface area contributed by atoms with Crippen LogP contribution in [0.5, 0.6) is 0 Å². The fraction of sp³-hybridized carbons (Fsp3) is 0.500. The van der Waals surface area contributed by atoms with Crippen molar-refractivity contribution in [1.82, 2.24) is 14.8 Å². The van der Waals surface area contributed by atoms with Gasteiger partial charge in [0.1, 0.15) is 0 Å². The Morgan fingerprint density at radius 2 is 1.76 bits per heavy atom. The molecule has 7 nitrogen and oxygen atoms in total. The molecule has 134 valence electrons.